The van der Waals surface area contributed by atoms with Crippen molar-refractivity contribution in [2.24, 2.45) is 7.05 Å². The Kier molecular flexibility index (Phi) is 3.36. The summed E-state index contributed by atoms with van der Waals surface area (Å²) in [7, 11) is 1.88. The fourth-order valence-corrected chi connectivity index (χ4v) is 2.43. The standard InChI is InChI=1S/C11H15N3OS/c1-8-7-16-11(12-8)6-10(15)5-9-3-4-14(2)13-9/h3-4,7,10,15H,5-6H2,1-2H3. The molecule has 86 valence electrons. The number of aromatic nitrogens is 3. The minimum atomic E-state index is -0.402. The van der Waals surface area contributed by atoms with Crippen LogP contribution in [0.2, 0.25) is 0 Å². The number of aliphatic hydroxyl groups is 1. The van der Waals surface area contributed by atoms with Crippen LogP contribution in [0.1, 0.15) is 16.4 Å². The van der Waals surface area contributed by atoms with Crippen LogP contribution in [0.5, 0.6) is 0 Å². The van der Waals surface area contributed by atoms with Crippen LogP contribution in [0.4, 0.5) is 0 Å². The first-order chi connectivity index (χ1) is 7.63. The minimum absolute atomic E-state index is 0.402. The summed E-state index contributed by atoms with van der Waals surface area (Å²) in [6.07, 6.45) is 2.67. The molecule has 0 saturated heterocycles. The first kappa shape index (κ1) is 11.3. The van der Waals surface area contributed by atoms with Crippen LogP contribution in [-0.2, 0) is 19.9 Å². The maximum atomic E-state index is 9.89. The van der Waals surface area contributed by atoms with E-state index in [0.29, 0.717) is 12.8 Å². The molecule has 0 aliphatic heterocycles. The predicted octanol–water partition coefficient (Wildman–Crippen LogP) is 1.33. The topological polar surface area (TPSA) is 50.9 Å². The lowest BCUT2D eigenvalue weighted by Gasteiger charge is -2.05. The molecule has 0 radical (unpaired) electrons. The van der Waals surface area contributed by atoms with Crippen molar-refractivity contribution in [3.63, 3.8) is 0 Å². The monoisotopic (exact) mass is 237 g/mol. The lowest BCUT2D eigenvalue weighted by Crippen LogP contribution is -2.14. The van der Waals surface area contributed by atoms with E-state index in [2.05, 4.69) is 10.1 Å². The van der Waals surface area contributed by atoms with Crippen molar-refractivity contribution in [3.8, 4) is 0 Å². The molecule has 4 nitrogen and oxygen atoms in total. The molecule has 2 aromatic heterocycles. The van der Waals surface area contributed by atoms with Gasteiger partial charge in [0, 0.05) is 37.2 Å². The number of aryl methyl sites for hydroxylation is 2. The Morgan fingerprint density at radius 1 is 1.50 bits per heavy atom. The summed E-state index contributed by atoms with van der Waals surface area (Å²) in [5.74, 6) is 0. The van der Waals surface area contributed by atoms with Gasteiger partial charge in [0.25, 0.3) is 0 Å². The van der Waals surface area contributed by atoms with E-state index in [0.717, 1.165) is 16.4 Å². The highest BCUT2D eigenvalue weighted by Crippen LogP contribution is 2.12. The molecule has 2 heterocycles. The van der Waals surface area contributed by atoms with Gasteiger partial charge in [-0.05, 0) is 13.0 Å². The quantitative estimate of drug-likeness (QED) is 0.873. The Morgan fingerprint density at radius 3 is 2.88 bits per heavy atom. The van der Waals surface area contributed by atoms with Gasteiger partial charge in [-0.2, -0.15) is 5.10 Å². The third-order valence-corrected chi connectivity index (χ3v) is 3.28. The third-order valence-electron chi connectivity index (χ3n) is 2.29. The van der Waals surface area contributed by atoms with E-state index in [1.165, 1.54) is 0 Å². The molecule has 5 heteroatoms. The van der Waals surface area contributed by atoms with E-state index in [1.54, 1.807) is 16.0 Å². The summed E-state index contributed by atoms with van der Waals surface area (Å²) < 4.78 is 1.75. The number of aliphatic hydroxyl groups excluding tert-OH is 1. The number of nitrogens with zero attached hydrogens (tertiary/aromatic N) is 3. The molecule has 2 rings (SSSR count). The number of hydrogen-bond acceptors (Lipinski definition) is 4. The number of hydrogen-bond donors (Lipinski definition) is 1. The molecular weight excluding hydrogens is 222 g/mol. The zero-order chi connectivity index (χ0) is 11.5. The van der Waals surface area contributed by atoms with Gasteiger partial charge in [-0.1, -0.05) is 0 Å². The molecule has 0 aliphatic carbocycles. The third kappa shape index (κ3) is 2.90. The highest BCUT2D eigenvalue weighted by molar-refractivity contribution is 7.09. The highest BCUT2D eigenvalue weighted by Gasteiger charge is 2.10. The Balaban J connectivity index is 1.91. The van der Waals surface area contributed by atoms with Crippen molar-refractivity contribution in [3.05, 3.63) is 34.0 Å². The average Bonchev–Trinajstić information content (AvgIpc) is 2.76. The first-order valence-electron chi connectivity index (χ1n) is 5.21. The Bertz CT molecular complexity index is 421. The van der Waals surface area contributed by atoms with Gasteiger partial charge < -0.3 is 5.11 Å². The second-order valence-corrected chi connectivity index (χ2v) is 4.87. The van der Waals surface area contributed by atoms with E-state index in [-0.39, 0.29) is 0 Å². The van der Waals surface area contributed by atoms with Gasteiger partial charge in [-0.25, -0.2) is 4.98 Å². The van der Waals surface area contributed by atoms with E-state index >= 15 is 0 Å². The SMILES string of the molecule is Cc1csc(CC(O)Cc2ccn(C)n2)n1. The lowest BCUT2D eigenvalue weighted by atomic mass is 10.1. The van der Waals surface area contributed by atoms with Crippen molar-refractivity contribution in [1.29, 1.82) is 0 Å². The summed E-state index contributed by atoms with van der Waals surface area (Å²) >= 11 is 1.60. The maximum Gasteiger partial charge on any atom is 0.0954 e. The van der Waals surface area contributed by atoms with Crippen LogP contribution in [0.25, 0.3) is 0 Å². The van der Waals surface area contributed by atoms with Crippen LogP contribution in [0.3, 0.4) is 0 Å². The molecule has 0 spiro atoms. The van der Waals surface area contributed by atoms with Gasteiger partial charge >= 0.3 is 0 Å². The molecule has 0 fully saturated rings. The Labute approximate surface area is 98.6 Å². The molecule has 16 heavy (non-hydrogen) atoms. The van der Waals surface area contributed by atoms with Gasteiger partial charge in [0.05, 0.1) is 16.8 Å². The van der Waals surface area contributed by atoms with Crippen molar-refractivity contribution in [2.75, 3.05) is 0 Å². The summed E-state index contributed by atoms with van der Waals surface area (Å²) in [5.41, 5.74) is 1.94. The molecular formula is C11H15N3OS. The van der Waals surface area contributed by atoms with Crippen LogP contribution >= 0.6 is 11.3 Å². The van der Waals surface area contributed by atoms with Crippen molar-refractivity contribution >= 4 is 11.3 Å². The lowest BCUT2D eigenvalue weighted by molar-refractivity contribution is 0.174. The predicted molar refractivity (Wildman–Crippen MR) is 63.5 cm³/mol. The van der Waals surface area contributed by atoms with Gasteiger partial charge in [0.15, 0.2) is 0 Å². The van der Waals surface area contributed by atoms with Crippen LogP contribution in [0.15, 0.2) is 17.6 Å². The largest absolute Gasteiger partial charge is 0.392 e. The molecule has 1 atom stereocenters. The zero-order valence-corrected chi connectivity index (χ0v) is 10.2. The maximum absolute atomic E-state index is 9.89. The van der Waals surface area contributed by atoms with Crippen molar-refractivity contribution in [1.82, 2.24) is 14.8 Å². The van der Waals surface area contributed by atoms with Gasteiger partial charge in [0.2, 0.25) is 0 Å². The molecule has 2 aromatic rings. The minimum Gasteiger partial charge on any atom is -0.392 e. The molecule has 1 N–H and O–H groups in total. The van der Waals surface area contributed by atoms with E-state index in [1.807, 2.05) is 31.6 Å². The summed E-state index contributed by atoms with van der Waals surface area (Å²) in [4.78, 5) is 4.33. The smallest absolute Gasteiger partial charge is 0.0954 e. The fraction of sp³-hybridized carbons (Fsp3) is 0.455. The van der Waals surface area contributed by atoms with Crippen molar-refractivity contribution < 1.29 is 5.11 Å². The zero-order valence-electron chi connectivity index (χ0n) is 9.42. The van der Waals surface area contributed by atoms with Gasteiger partial charge in [0.1, 0.15) is 0 Å². The summed E-state index contributed by atoms with van der Waals surface area (Å²) in [6, 6.07) is 1.93. The van der Waals surface area contributed by atoms with Crippen molar-refractivity contribution in [2.45, 2.75) is 25.9 Å². The first-order valence-corrected chi connectivity index (χ1v) is 6.09. The summed E-state index contributed by atoms with van der Waals surface area (Å²) in [5, 5.41) is 17.1. The van der Waals surface area contributed by atoms with Crippen LogP contribution in [0, 0.1) is 6.92 Å². The molecule has 0 aromatic carbocycles. The highest BCUT2D eigenvalue weighted by atomic mass is 32.1. The van der Waals surface area contributed by atoms with Crippen LogP contribution in [-0.4, -0.2) is 26.0 Å². The fourth-order valence-electron chi connectivity index (χ4n) is 1.58. The molecule has 0 aliphatic rings. The van der Waals surface area contributed by atoms with E-state index in [4.69, 9.17) is 0 Å². The Hall–Kier alpha value is -1.20. The second kappa shape index (κ2) is 4.76. The molecule has 0 saturated carbocycles. The van der Waals surface area contributed by atoms with Gasteiger partial charge in [-0.3, -0.25) is 4.68 Å². The average molecular weight is 237 g/mol. The normalized spacial score (nSPS) is 12.9. The molecule has 0 amide bonds. The summed E-state index contributed by atoms with van der Waals surface area (Å²) in [6.45, 7) is 1.96. The second-order valence-electron chi connectivity index (χ2n) is 3.93. The number of thiazole rings is 1. The van der Waals surface area contributed by atoms with E-state index in [9.17, 15) is 5.11 Å². The van der Waals surface area contributed by atoms with Gasteiger partial charge in [-0.15, -0.1) is 11.3 Å². The van der Waals surface area contributed by atoms with Crippen LogP contribution < -0.4 is 0 Å². The molecule has 1 unspecified atom stereocenters. The van der Waals surface area contributed by atoms with E-state index < -0.39 is 6.10 Å². The Morgan fingerprint density at radius 2 is 2.31 bits per heavy atom. The number of rotatable bonds is 4. The molecule has 0 bridgehead atoms.